The topological polar surface area (TPSA) is 78.3 Å². The van der Waals surface area contributed by atoms with Gasteiger partial charge in [-0.25, -0.2) is 14.4 Å². The lowest BCUT2D eigenvalue weighted by Crippen LogP contribution is -2.12. The van der Waals surface area contributed by atoms with Crippen molar-refractivity contribution in [3.05, 3.63) is 78.0 Å². The molecule has 0 saturated carbocycles. The van der Waals surface area contributed by atoms with Crippen molar-refractivity contribution < 1.29 is 18.7 Å². The summed E-state index contributed by atoms with van der Waals surface area (Å²) in [5.41, 5.74) is 3.20. The number of carbonyl (C=O) groups excluding carboxylic acids is 1. The van der Waals surface area contributed by atoms with E-state index in [0.717, 1.165) is 22.6 Å². The SMILES string of the molecule is O=C(CCCc1nc2cccnc2n1Cc1ccc(F)cc1)Nc1ccc2c(c1)OCO2. The molecule has 0 bridgehead atoms. The minimum Gasteiger partial charge on any atom is -0.454 e. The molecule has 162 valence electrons. The number of anilines is 1. The zero-order chi connectivity index (χ0) is 21.9. The predicted octanol–water partition coefficient (Wildman–Crippen LogP) is 4.31. The van der Waals surface area contributed by atoms with Crippen LogP contribution in [0, 0.1) is 5.82 Å². The number of rotatable bonds is 7. The van der Waals surface area contributed by atoms with Crippen LogP contribution in [-0.4, -0.2) is 27.2 Å². The normalized spacial score (nSPS) is 12.3. The summed E-state index contributed by atoms with van der Waals surface area (Å²) in [4.78, 5) is 21.6. The third-order valence-corrected chi connectivity index (χ3v) is 5.30. The van der Waals surface area contributed by atoms with Crippen LogP contribution in [0.1, 0.15) is 24.2 Å². The van der Waals surface area contributed by atoms with Crippen LogP contribution in [0.4, 0.5) is 10.1 Å². The highest BCUT2D eigenvalue weighted by atomic mass is 19.1. The van der Waals surface area contributed by atoms with E-state index >= 15 is 0 Å². The Kier molecular flexibility index (Phi) is 5.41. The molecule has 2 aromatic heterocycles. The number of amides is 1. The maximum atomic E-state index is 13.3. The molecule has 32 heavy (non-hydrogen) atoms. The molecule has 0 fully saturated rings. The number of aryl methyl sites for hydroxylation is 1. The first kappa shape index (κ1) is 20.0. The quantitative estimate of drug-likeness (QED) is 0.471. The fraction of sp³-hybridized carbons (Fsp3) is 0.208. The van der Waals surface area contributed by atoms with Gasteiger partial charge in [-0.1, -0.05) is 12.1 Å². The number of carbonyl (C=O) groups is 1. The van der Waals surface area contributed by atoms with Crippen molar-refractivity contribution in [3.63, 3.8) is 0 Å². The molecule has 5 rings (SSSR count). The van der Waals surface area contributed by atoms with E-state index in [4.69, 9.17) is 14.5 Å². The van der Waals surface area contributed by atoms with Gasteiger partial charge in [0, 0.05) is 30.8 Å². The van der Waals surface area contributed by atoms with Crippen molar-refractivity contribution in [2.75, 3.05) is 12.1 Å². The van der Waals surface area contributed by atoms with Gasteiger partial charge in [0.25, 0.3) is 0 Å². The molecule has 0 atom stereocenters. The maximum Gasteiger partial charge on any atom is 0.231 e. The van der Waals surface area contributed by atoms with Crippen LogP contribution in [0.25, 0.3) is 11.2 Å². The summed E-state index contributed by atoms with van der Waals surface area (Å²) in [5, 5.41) is 2.89. The fourth-order valence-corrected chi connectivity index (χ4v) is 3.74. The van der Waals surface area contributed by atoms with Gasteiger partial charge < -0.3 is 19.4 Å². The number of hydrogen-bond acceptors (Lipinski definition) is 5. The molecule has 0 spiro atoms. The third-order valence-electron chi connectivity index (χ3n) is 5.30. The summed E-state index contributed by atoms with van der Waals surface area (Å²) >= 11 is 0. The number of halogens is 1. The lowest BCUT2D eigenvalue weighted by Gasteiger charge is -2.09. The van der Waals surface area contributed by atoms with E-state index in [1.54, 1.807) is 36.5 Å². The number of pyridine rings is 1. The smallest absolute Gasteiger partial charge is 0.231 e. The second-order valence-electron chi connectivity index (χ2n) is 7.56. The second kappa shape index (κ2) is 8.66. The van der Waals surface area contributed by atoms with Crippen LogP contribution in [0.2, 0.25) is 0 Å². The van der Waals surface area contributed by atoms with Crippen molar-refractivity contribution in [2.24, 2.45) is 0 Å². The van der Waals surface area contributed by atoms with Gasteiger partial charge in [-0.15, -0.1) is 0 Å². The Bertz CT molecular complexity index is 1270. The first-order chi connectivity index (χ1) is 15.7. The molecule has 1 N–H and O–H groups in total. The molecule has 4 aromatic rings. The molecule has 8 heteroatoms. The minimum atomic E-state index is -0.268. The zero-order valence-corrected chi connectivity index (χ0v) is 17.3. The highest BCUT2D eigenvalue weighted by molar-refractivity contribution is 5.91. The molecule has 0 saturated heterocycles. The summed E-state index contributed by atoms with van der Waals surface area (Å²) in [6.07, 6.45) is 3.32. The molecule has 1 amide bonds. The van der Waals surface area contributed by atoms with Gasteiger partial charge in [0.05, 0.1) is 6.54 Å². The molecule has 1 aliphatic rings. The molecule has 0 unspecified atom stereocenters. The Hall–Kier alpha value is -3.94. The summed E-state index contributed by atoms with van der Waals surface area (Å²) in [6.45, 7) is 0.729. The molecule has 0 aliphatic carbocycles. The summed E-state index contributed by atoms with van der Waals surface area (Å²) in [6, 6.07) is 15.5. The molecular weight excluding hydrogens is 411 g/mol. The van der Waals surface area contributed by atoms with Crippen molar-refractivity contribution in [1.29, 1.82) is 0 Å². The monoisotopic (exact) mass is 432 g/mol. The van der Waals surface area contributed by atoms with Gasteiger partial charge in [-0.3, -0.25) is 4.79 Å². The maximum absolute atomic E-state index is 13.3. The molecule has 7 nitrogen and oxygen atoms in total. The van der Waals surface area contributed by atoms with Gasteiger partial charge in [-0.05, 0) is 48.4 Å². The average Bonchev–Trinajstić information content (AvgIpc) is 3.40. The van der Waals surface area contributed by atoms with E-state index < -0.39 is 0 Å². The van der Waals surface area contributed by atoms with Crippen LogP contribution < -0.4 is 14.8 Å². The van der Waals surface area contributed by atoms with Gasteiger partial charge >= 0.3 is 0 Å². The lowest BCUT2D eigenvalue weighted by molar-refractivity contribution is -0.116. The van der Waals surface area contributed by atoms with E-state index in [2.05, 4.69) is 10.3 Å². The Morgan fingerprint density at radius 2 is 1.94 bits per heavy atom. The third kappa shape index (κ3) is 4.25. The number of hydrogen-bond donors (Lipinski definition) is 1. The lowest BCUT2D eigenvalue weighted by atomic mass is 10.2. The molecule has 2 aromatic carbocycles. The van der Waals surface area contributed by atoms with Crippen LogP contribution in [0.3, 0.4) is 0 Å². The fourth-order valence-electron chi connectivity index (χ4n) is 3.74. The molecule has 0 radical (unpaired) electrons. The van der Waals surface area contributed by atoms with Crippen LogP contribution in [0.15, 0.2) is 60.8 Å². The second-order valence-corrected chi connectivity index (χ2v) is 7.56. The number of nitrogens with zero attached hydrogens (tertiary/aromatic N) is 3. The summed E-state index contributed by atoms with van der Waals surface area (Å²) in [7, 11) is 0. The molecule has 3 heterocycles. The van der Waals surface area contributed by atoms with Crippen LogP contribution in [-0.2, 0) is 17.8 Å². The number of imidazole rings is 1. The van der Waals surface area contributed by atoms with Gasteiger partial charge in [0.2, 0.25) is 12.7 Å². The standard InChI is InChI=1S/C24H21FN4O3/c25-17-8-6-16(7-9-17)14-29-22(28-19-3-2-12-26-24(19)29)4-1-5-23(30)27-18-10-11-20-21(13-18)32-15-31-20/h2-3,6-13H,1,4-5,14-15H2,(H,27,30). The summed E-state index contributed by atoms with van der Waals surface area (Å²) in [5.74, 6) is 1.81. The van der Waals surface area contributed by atoms with Crippen molar-refractivity contribution >= 4 is 22.8 Å². The minimum absolute atomic E-state index is 0.0804. The number of ether oxygens (including phenoxy) is 2. The van der Waals surface area contributed by atoms with Crippen molar-refractivity contribution in [1.82, 2.24) is 14.5 Å². The van der Waals surface area contributed by atoms with E-state index in [-0.39, 0.29) is 18.5 Å². The number of benzene rings is 2. The highest BCUT2D eigenvalue weighted by Gasteiger charge is 2.15. The van der Waals surface area contributed by atoms with Gasteiger partial charge in [0.15, 0.2) is 17.1 Å². The zero-order valence-electron chi connectivity index (χ0n) is 17.3. The number of nitrogens with one attached hydrogen (secondary N) is 1. The number of fused-ring (bicyclic) bond motifs is 2. The number of aromatic nitrogens is 3. The predicted molar refractivity (Wildman–Crippen MR) is 117 cm³/mol. The Balaban J connectivity index is 1.25. The van der Waals surface area contributed by atoms with E-state index in [1.807, 2.05) is 16.7 Å². The highest BCUT2D eigenvalue weighted by Crippen LogP contribution is 2.34. The Morgan fingerprint density at radius 3 is 2.81 bits per heavy atom. The molecule has 1 aliphatic heterocycles. The largest absolute Gasteiger partial charge is 0.454 e. The first-order valence-corrected chi connectivity index (χ1v) is 10.4. The molecular formula is C24H21FN4O3. The summed E-state index contributed by atoms with van der Waals surface area (Å²) < 4.78 is 25.9. The first-order valence-electron chi connectivity index (χ1n) is 10.4. The van der Waals surface area contributed by atoms with Crippen LogP contribution >= 0.6 is 0 Å². The van der Waals surface area contributed by atoms with Gasteiger partial charge in [0.1, 0.15) is 17.2 Å². The Labute approximate surface area is 183 Å². The van der Waals surface area contributed by atoms with E-state index in [0.29, 0.717) is 43.0 Å². The van der Waals surface area contributed by atoms with Gasteiger partial charge in [-0.2, -0.15) is 0 Å². The van der Waals surface area contributed by atoms with Crippen molar-refractivity contribution in [3.8, 4) is 11.5 Å². The van der Waals surface area contributed by atoms with Crippen LogP contribution in [0.5, 0.6) is 11.5 Å². The Morgan fingerprint density at radius 1 is 1.09 bits per heavy atom. The van der Waals surface area contributed by atoms with E-state index in [9.17, 15) is 9.18 Å². The van der Waals surface area contributed by atoms with E-state index in [1.165, 1.54) is 12.1 Å². The van der Waals surface area contributed by atoms with Crippen molar-refractivity contribution in [2.45, 2.75) is 25.8 Å². The average molecular weight is 432 g/mol.